The highest BCUT2D eigenvalue weighted by Crippen LogP contribution is 2.24. The van der Waals surface area contributed by atoms with Gasteiger partial charge in [-0.15, -0.1) is 11.8 Å². The van der Waals surface area contributed by atoms with Crippen LogP contribution in [-0.4, -0.2) is 58.4 Å². The number of anilines is 1. The zero-order valence-electron chi connectivity index (χ0n) is 14.8. The van der Waals surface area contributed by atoms with Crippen LogP contribution >= 0.6 is 11.8 Å². The first kappa shape index (κ1) is 21.0. The number of amides is 2. The van der Waals surface area contributed by atoms with Gasteiger partial charge in [0.1, 0.15) is 11.8 Å². The fourth-order valence-corrected chi connectivity index (χ4v) is 3.32. The van der Waals surface area contributed by atoms with Gasteiger partial charge in [0.15, 0.2) is 0 Å². The number of aliphatic hydroxyl groups is 1. The van der Waals surface area contributed by atoms with E-state index >= 15 is 0 Å². The number of hydrogen-bond acceptors (Lipinski definition) is 7. The first-order valence-electron chi connectivity index (χ1n) is 7.92. The predicted octanol–water partition coefficient (Wildman–Crippen LogP) is 1.12. The summed E-state index contributed by atoms with van der Waals surface area (Å²) in [4.78, 5) is 28.5. The van der Waals surface area contributed by atoms with Crippen molar-refractivity contribution in [2.45, 2.75) is 38.1 Å². The smallest absolute Gasteiger partial charge is 0.407 e. The van der Waals surface area contributed by atoms with Gasteiger partial charge < -0.3 is 25.8 Å². The highest BCUT2D eigenvalue weighted by molar-refractivity contribution is 7.99. The minimum Gasteiger partial charge on any atom is -0.438 e. The van der Waals surface area contributed by atoms with E-state index in [1.165, 1.54) is 18.8 Å². The maximum atomic E-state index is 11.6. The average molecular weight is 370 g/mol. The number of alkyl carbamates (subject to hydrolysis) is 1. The molecule has 1 aromatic rings. The van der Waals surface area contributed by atoms with Gasteiger partial charge in [0, 0.05) is 42.7 Å². The zero-order chi connectivity index (χ0) is 18.8. The van der Waals surface area contributed by atoms with Gasteiger partial charge in [-0.25, -0.2) is 9.78 Å². The highest BCUT2D eigenvalue weighted by Gasteiger charge is 2.24. The molecule has 25 heavy (non-hydrogen) atoms. The molecule has 4 N–H and O–H groups in total. The summed E-state index contributed by atoms with van der Waals surface area (Å²) in [6.45, 7) is 4.03. The van der Waals surface area contributed by atoms with Crippen molar-refractivity contribution < 1.29 is 19.4 Å². The molecule has 0 aliphatic rings. The fourth-order valence-electron chi connectivity index (χ4n) is 2.26. The Morgan fingerprint density at radius 1 is 1.56 bits per heavy atom. The van der Waals surface area contributed by atoms with E-state index in [2.05, 4.69) is 10.3 Å². The van der Waals surface area contributed by atoms with Gasteiger partial charge in [-0.1, -0.05) is 6.07 Å². The third kappa shape index (κ3) is 6.79. The fraction of sp³-hybridized carbons (Fsp3) is 0.562. The third-order valence-corrected chi connectivity index (χ3v) is 5.10. The number of aliphatic hydroxyl groups excluding tert-OH is 1. The van der Waals surface area contributed by atoms with Crippen LogP contribution in [0.4, 0.5) is 10.6 Å². The summed E-state index contributed by atoms with van der Waals surface area (Å²) in [6.07, 6.45) is 0.706. The van der Waals surface area contributed by atoms with Crippen LogP contribution in [0.25, 0.3) is 0 Å². The lowest BCUT2D eigenvalue weighted by molar-refractivity contribution is -0.120. The number of pyridine rings is 1. The van der Waals surface area contributed by atoms with Gasteiger partial charge in [0.2, 0.25) is 6.41 Å². The average Bonchev–Trinajstić information content (AvgIpc) is 2.59. The number of thioether (sulfide) groups is 1. The van der Waals surface area contributed by atoms with Gasteiger partial charge in [0.05, 0.1) is 0 Å². The molecule has 0 spiro atoms. The Morgan fingerprint density at radius 2 is 2.28 bits per heavy atom. The molecular formula is C16H26N4O4S. The van der Waals surface area contributed by atoms with Crippen LogP contribution in [-0.2, 0) is 16.1 Å². The Morgan fingerprint density at radius 3 is 2.84 bits per heavy atom. The van der Waals surface area contributed by atoms with E-state index in [4.69, 9.17) is 10.5 Å². The van der Waals surface area contributed by atoms with Crippen molar-refractivity contribution in [3.63, 3.8) is 0 Å². The largest absolute Gasteiger partial charge is 0.438 e. The van der Waals surface area contributed by atoms with Crippen LogP contribution in [0, 0.1) is 6.92 Å². The molecule has 0 fully saturated rings. The van der Waals surface area contributed by atoms with Crippen molar-refractivity contribution in [2.24, 2.45) is 0 Å². The van der Waals surface area contributed by atoms with Crippen LogP contribution < -0.4 is 11.1 Å². The molecular weight excluding hydrogens is 344 g/mol. The van der Waals surface area contributed by atoms with E-state index in [9.17, 15) is 14.7 Å². The van der Waals surface area contributed by atoms with E-state index in [1.54, 1.807) is 4.90 Å². The van der Waals surface area contributed by atoms with Crippen molar-refractivity contribution in [1.82, 2.24) is 15.2 Å². The molecule has 0 radical (unpaired) electrons. The summed E-state index contributed by atoms with van der Waals surface area (Å²) < 4.78 is 4.98. The van der Waals surface area contributed by atoms with E-state index in [-0.39, 0.29) is 23.8 Å². The molecule has 1 heterocycles. The first-order chi connectivity index (χ1) is 11.9. The molecule has 0 aromatic carbocycles. The number of carbonyl (C=O) groups is 2. The quantitative estimate of drug-likeness (QED) is 0.417. The molecule has 0 aliphatic carbocycles. The highest BCUT2D eigenvalue weighted by atomic mass is 32.2. The second kappa shape index (κ2) is 10.8. The van der Waals surface area contributed by atoms with Crippen molar-refractivity contribution in [3.05, 3.63) is 23.4 Å². The van der Waals surface area contributed by atoms with Crippen LogP contribution in [0.15, 0.2) is 12.1 Å². The first-order valence-corrected chi connectivity index (χ1v) is 8.97. The normalized spacial score (nSPS) is 13.0. The second-order valence-corrected chi connectivity index (χ2v) is 6.71. The van der Waals surface area contributed by atoms with Crippen LogP contribution in [0.1, 0.15) is 24.6 Å². The van der Waals surface area contributed by atoms with Crippen molar-refractivity contribution >= 4 is 30.1 Å². The SMILES string of the molecule is CNC(=O)OCSC(CCO)C(C)N(C=O)Cc1ccc(C)nc1N. The number of rotatable bonds is 10. The molecule has 2 unspecified atom stereocenters. The number of carbonyl (C=O) groups excluding carboxylic acids is 2. The maximum Gasteiger partial charge on any atom is 0.407 e. The Kier molecular flexibility index (Phi) is 9.07. The molecule has 8 nitrogen and oxygen atoms in total. The van der Waals surface area contributed by atoms with Crippen LogP contribution in [0.5, 0.6) is 0 Å². The lowest BCUT2D eigenvalue weighted by atomic mass is 10.1. The van der Waals surface area contributed by atoms with Crippen molar-refractivity contribution in [3.8, 4) is 0 Å². The summed E-state index contributed by atoms with van der Waals surface area (Å²) in [6, 6.07) is 3.50. The molecule has 2 amide bonds. The van der Waals surface area contributed by atoms with Crippen LogP contribution in [0.3, 0.4) is 0 Å². The number of nitrogens with one attached hydrogen (secondary N) is 1. The molecule has 2 atom stereocenters. The molecule has 0 aliphatic heterocycles. The van der Waals surface area contributed by atoms with E-state index in [1.807, 2.05) is 26.0 Å². The molecule has 1 aromatic heterocycles. The third-order valence-electron chi connectivity index (χ3n) is 3.79. The number of aryl methyl sites for hydroxylation is 1. The topological polar surface area (TPSA) is 118 Å². The number of nitrogens with two attached hydrogens (primary N) is 1. The van der Waals surface area contributed by atoms with E-state index in [0.29, 0.717) is 18.8 Å². The number of nitrogens with zero attached hydrogens (tertiary/aromatic N) is 2. The summed E-state index contributed by atoms with van der Waals surface area (Å²) in [5.41, 5.74) is 7.50. The van der Waals surface area contributed by atoms with E-state index in [0.717, 1.165) is 17.7 Å². The summed E-state index contributed by atoms with van der Waals surface area (Å²) in [5, 5.41) is 11.6. The molecule has 9 heteroatoms. The minimum atomic E-state index is -0.520. The predicted molar refractivity (Wildman–Crippen MR) is 97.9 cm³/mol. The van der Waals surface area contributed by atoms with Crippen molar-refractivity contribution in [2.75, 3.05) is 25.3 Å². The monoisotopic (exact) mass is 370 g/mol. The van der Waals surface area contributed by atoms with Gasteiger partial charge >= 0.3 is 6.09 Å². The van der Waals surface area contributed by atoms with Crippen LogP contribution in [0.2, 0.25) is 0 Å². The number of nitrogen functional groups attached to an aromatic ring is 1. The molecule has 140 valence electrons. The lowest BCUT2D eigenvalue weighted by Crippen LogP contribution is -2.40. The minimum absolute atomic E-state index is 0.0249. The Bertz CT molecular complexity index is 573. The molecule has 1 rings (SSSR count). The van der Waals surface area contributed by atoms with Gasteiger partial charge in [0.25, 0.3) is 0 Å². The Hall–Kier alpha value is -2.00. The summed E-state index contributed by atoms with van der Waals surface area (Å²) >= 11 is 1.37. The molecule has 0 saturated carbocycles. The van der Waals surface area contributed by atoms with Crippen molar-refractivity contribution in [1.29, 1.82) is 0 Å². The molecule has 0 saturated heterocycles. The summed E-state index contributed by atoms with van der Waals surface area (Å²) in [5.74, 6) is 0.531. The van der Waals surface area contributed by atoms with Gasteiger partial charge in [-0.05, 0) is 26.3 Å². The Labute approximate surface area is 152 Å². The van der Waals surface area contributed by atoms with Gasteiger partial charge in [-0.2, -0.15) is 0 Å². The maximum absolute atomic E-state index is 11.6. The van der Waals surface area contributed by atoms with Gasteiger partial charge in [-0.3, -0.25) is 4.79 Å². The lowest BCUT2D eigenvalue weighted by Gasteiger charge is -2.31. The zero-order valence-corrected chi connectivity index (χ0v) is 15.6. The standard InChI is InChI=1S/C16H26N4O4S/c1-11-4-5-13(15(17)19-11)8-20(9-22)12(2)14(6-7-21)25-10-24-16(23)18-3/h4-5,9,12,14,21H,6-8,10H2,1-3H3,(H2,17,19)(H,18,23). The Balaban J connectivity index is 2.75. The van der Waals surface area contributed by atoms with E-state index < -0.39 is 6.09 Å². The second-order valence-electron chi connectivity index (χ2n) is 5.53. The number of ether oxygens (including phenoxy) is 1. The number of aromatic nitrogens is 1. The molecule has 0 bridgehead atoms. The summed E-state index contributed by atoms with van der Waals surface area (Å²) in [7, 11) is 1.48. The number of hydrogen-bond donors (Lipinski definition) is 3.